The second-order valence-electron chi connectivity index (χ2n) is 37.4. The summed E-state index contributed by atoms with van der Waals surface area (Å²) in [5, 5.41) is 69.3. The maximum absolute atomic E-state index is 13.3. The highest BCUT2D eigenvalue weighted by molar-refractivity contribution is 5.87. The number of carbonyl (C=O) groups is 16. The molecule has 1 heterocycles. The van der Waals surface area contributed by atoms with Crippen LogP contribution in [0.1, 0.15) is 334 Å². The van der Waals surface area contributed by atoms with Crippen molar-refractivity contribution in [2.24, 2.45) is 17.6 Å². The minimum atomic E-state index is -1.13. The van der Waals surface area contributed by atoms with E-state index >= 15 is 0 Å². The van der Waals surface area contributed by atoms with Crippen molar-refractivity contribution >= 4 is 94.3 Å². The van der Waals surface area contributed by atoms with Gasteiger partial charge in [-0.05, 0) is 104 Å². The number of ether oxygens (including phenoxy) is 8. The lowest BCUT2D eigenvalue weighted by molar-refractivity contribution is -0.144. The number of nitrogens with one attached hydrogen (secondary N) is 9. The molecule has 0 saturated carbocycles. The van der Waals surface area contributed by atoms with E-state index < -0.39 is 59.3 Å². The highest BCUT2D eigenvalue weighted by Crippen LogP contribution is 2.22. The fourth-order valence-corrected chi connectivity index (χ4v) is 15.6. The number of amides is 7. The number of Topliss-reactive ketones (excluding diaryl/α,β-unsaturated/α-hetero) is 4. The molecule has 1 aromatic rings. The van der Waals surface area contributed by atoms with Crippen LogP contribution in [0.4, 0.5) is 0 Å². The van der Waals surface area contributed by atoms with Crippen LogP contribution in [0.5, 0.6) is 0 Å². The molecule has 0 aromatic carbocycles. The van der Waals surface area contributed by atoms with Crippen LogP contribution < -0.4 is 48.3 Å². The monoisotopic (exact) mass is 2040 g/mol. The van der Waals surface area contributed by atoms with Crippen molar-refractivity contribution in [2.75, 3.05) is 171 Å². The topological polar surface area (TPSA) is 602 Å². The number of carbonyl (C=O) groups excluding carboxylic acids is 11. The van der Waals surface area contributed by atoms with Crippen molar-refractivity contribution in [3.63, 3.8) is 0 Å². The Balaban J connectivity index is 2.34. The quantitative estimate of drug-likeness (QED) is 0.0270. The molecule has 0 fully saturated rings. The zero-order chi connectivity index (χ0) is 105. The number of hydrogen-bond donors (Lipinski definition) is 15. The largest absolute Gasteiger partial charge is 0.481 e. The first-order valence-corrected chi connectivity index (χ1v) is 52.9. The van der Waals surface area contributed by atoms with Crippen LogP contribution in [0.2, 0.25) is 0 Å². The lowest BCUT2D eigenvalue weighted by atomic mass is 9.94. The maximum atomic E-state index is 13.3. The van der Waals surface area contributed by atoms with E-state index in [4.69, 9.17) is 58.9 Å². The summed E-state index contributed by atoms with van der Waals surface area (Å²) in [6.07, 6.45) is 37.9. The lowest BCUT2D eigenvalue weighted by Crippen LogP contribution is -2.57. The SMILES string of the molecule is CC(C)(CN[C@@H](CCCCNC(=O)COCCOCCNC(=O)COCCOCCCC(=O)COCCOCCNC(=O)COCCOCCNC(=O)CN(CCCNC(=O)CC[C@H](CCCC(=O)CCCCCCCCCCCCCCCCC(=O)O)C(=O)O)CCCNC(=O)CC[C@H](CC(=O)CCCCCCCCCCCCCCCCC(=O)O)C(=O)O)C(=O)CCC(=O)O)NC(=O)[C@@H](N)Cc1cnc[nH]1. The molecule has 41 nitrogen and oxygen atoms in total. The van der Waals surface area contributed by atoms with Crippen LogP contribution in [0.25, 0.3) is 0 Å². The zero-order valence-electron chi connectivity index (χ0n) is 86.2. The zero-order valence-corrected chi connectivity index (χ0v) is 86.2. The predicted octanol–water partition coefficient (Wildman–Crippen LogP) is 9.31. The van der Waals surface area contributed by atoms with Gasteiger partial charge in [0, 0.05) is 154 Å². The van der Waals surface area contributed by atoms with E-state index in [9.17, 15) is 86.9 Å². The van der Waals surface area contributed by atoms with Gasteiger partial charge in [0.15, 0.2) is 5.78 Å². The third-order valence-corrected chi connectivity index (χ3v) is 23.8. The van der Waals surface area contributed by atoms with Gasteiger partial charge in [0.2, 0.25) is 41.4 Å². The molecule has 0 aliphatic rings. The van der Waals surface area contributed by atoms with Crippen molar-refractivity contribution in [2.45, 2.75) is 353 Å². The molecule has 0 aliphatic carbocycles. The number of carboxylic acid groups (broad SMARTS) is 5. The molecule has 0 aliphatic heterocycles. The summed E-state index contributed by atoms with van der Waals surface area (Å²) in [5.74, 6) is -9.32. The highest BCUT2D eigenvalue weighted by atomic mass is 16.5. The average Bonchev–Trinajstić information content (AvgIpc) is 1.81. The molecule has 0 unspecified atom stereocenters. The molecule has 1 rings (SSSR count). The number of rotatable bonds is 107. The van der Waals surface area contributed by atoms with E-state index in [-0.39, 0.29) is 286 Å². The summed E-state index contributed by atoms with van der Waals surface area (Å²) >= 11 is 0. The summed E-state index contributed by atoms with van der Waals surface area (Å²) in [6, 6.07) is -1.50. The molecule has 16 N–H and O–H groups in total. The van der Waals surface area contributed by atoms with E-state index in [1.165, 1.54) is 77.0 Å². The van der Waals surface area contributed by atoms with Crippen LogP contribution in [0, 0.1) is 11.8 Å². The summed E-state index contributed by atoms with van der Waals surface area (Å²) in [7, 11) is 0. The molecule has 41 heteroatoms. The van der Waals surface area contributed by atoms with Crippen LogP contribution in [0.3, 0.4) is 0 Å². The second-order valence-corrected chi connectivity index (χ2v) is 37.4. The number of aromatic nitrogens is 2. The van der Waals surface area contributed by atoms with Crippen LogP contribution in [-0.4, -0.2) is 324 Å². The Morgan fingerprint density at radius 2 is 0.720 bits per heavy atom. The molecule has 822 valence electrons. The Labute approximate surface area is 847 Å². The van der Waals surface area contributed by atoms with E-state index in [2.05, 4.69) is 52.5 Å². The van der Waals surface area contributed by atoms with E-state index in [0.29, 0.717) is 103 Å². The van der Waals surface area contributed by atoms with Gasteiger partial charge < -0.3 is 117 Å². The molecule has 4 atom stereocenters. The number of carboxylic acids is 5. The number of aromatic amines is 1. The van der Waals surface area contributed by atoms with Gasteiger partial charge >= 0.3 is 29.8 Å². The van der Waals surface area contributed by atoms with Gasteiger partial charge in [0.25, 0.3) is 0 Å². The van der Waals surface area contributed by atoms with Crippen molar-refractivity contribution in [3.05, 3.63) is 18.2 Å². The average molecular weight is 2040 g/mol. The van der Waals surface area contributed by atoms with E-state index in [0.717, 1.165) is 103 Å². The molecule has 0 spiro atoms. The van der Waals surface area contributed by atoms with Gasteiger partial charge in [-0.1, -0.05) is 154 Å². The second kappa shape index (κ2) is 91.7. The van der Waals surface area contributed by atoms with Crippen LogP contribution in [-0.2, 0) is 121 Å². The number of imidazole rings is 1. The van der Waals surface area contributed by atoms with Crippen LogP contribution >= 0.6 is 0 Å². The lowest BCUT2D eigenvalue weighted by Gasteiger charge is -2.30. The third-order valence-electron chi connectivity index (χ3n) is 23.8. The number of ketones is 4. The molecular formula is C102H180N12O29. The van der Waals surface area contributed by atoms with Crippen molar-refractivity contribution in [1.29, 1.82) is 0 Å². The van der Waals surface area contributed by atoms with E-state index in [1.54, 1.807) is 20.0 Å². The van der Waals surface area contributed by atoms with E-state index in [1.807, 2.05) is 4.90 Å². The summed E-state index contributed by atoms with van der Waals surface area (Å²) in [4.78, 5) is 205. The standard InChI is InChI=1S/C102H180N12O29/c1-102(2,113-99(131)87(103)72-83-73-104-80-112-83)79-111-88(89(118)47-50-98(129)130)42-31-32-51-107-93(122)76-142-69-66-139-62-56-110-94(123)77-141-68-63-136-59-34-41-86(117)75-140-67-64-138-61-55-109-95(124)78-143-70-65-137-60-54-108-92(121)74-114(58-36-53-106-91(120)49-46-82(101(134)135)71-85(116)39-28-24-20-16-12-8-4-6-10-14-18-22-26-30-44-97(127)128)57-35-52-105-90(119)48-45-81(100(132)133)37-33-40-84(115)38-27-23-19-15-11-7-3-5-9-13-17-21-25-29-43-96(125)126/h73,80-82,87-88,111H,3-72,74-79,103H2,1-2H3,(H,104,112)(H,105,119)(H,106,120)(H,107,122)(H,108,121)(H,109,124)(H,110,123)(H,113,131)(H,125,126)(H,127,128)(H,129,130)(H,132,133)(H,134,135)/t81-,82+,87-,88-/m0/s1. The fourth-order valence-electron chi connectivity index (χ4n) is 15.6. The Hall–Kier alpha value is -8.91. The van der Waals surface area contributed by atoms with Gasteiger partial charge in [-0.15, -0.1) is 0 Å². The summed E-state index contributed by atoms with van der Waals surface area (Å²) in [6.45, 7) is 7.21. The molecule has 7 amide bonds. The molecule has 1 aromatic heterocycles. The molecule has 0 bridgehead atoms. The predicted molar refractivity (Wildman–Crippen MR) is 537 cm³/mol. The summed E-state index contributed by atoms with van der Waals surface area (Å²) < 4.78 is 43.7. The minimum Gasteiger partial charge on any atom is -0.481 e. The number of H-pyrrole nitrogens is 1. The van der Waals surface area contributed by atoms with Crippen molar-refractivity contribution < 1.29 is 140 Å². The van der Waals surface area contributed by atoms with Gasteiger partial charge in [0.05, 0.1) is 116 Å². The Bertz CT molecular complexity index is 3580. The Morgan fingerprint density at radius 1 is 0.350 bits per heavy atom. The molecule has 143 heavy (non-hydrogen) atoms. The first-order valence-electron chi connectivity index (χ1n) is 52.9. The normalized spacial score (nSPS) is 12.3. The molecule has 0 radical (unpaired) electrons. The maximum Gasteiger partial charge on any atom is 0.306 e. The number of hydrogen-bond acceptors (Lipinski definition) is 28. The first-order chi connectivity index (χ1) is 68.9. The van der Waals surface area contributed by atoms with Crippen molar-refractivity contribution in [3.8, 4) is 0 Å². The number of aliphatic carboxylic acids is 5. The molecular weight excluding hydrogens is 1860 g/mol. The third kappa shape index (κ3) is 87.1. The van der Waals surface area contributed by atoms with Gasteiger partial charge in [-0.3, -0.25) is 81.6 Å². The first kappa shape index (κ1) is 132. The minimum absolute atomic E-state index is 0.00198. The number of unbranched alkanes of at least 4 members (excludes halogenated alkanes) is 27. The van der Waals surface area contributed by atoms with Gasteiger partial charge in [-0.2, -0.15) is 0 Å². The van der Waals surface area contributed by atoms with Gasteiger partial charge in [0.1, 0.15) is 43.8 Å². The molecule has 0 saturated heterocycles. The summed E-state index contributed by atoms with van der Waals surface area (Å²) in [5.41, 5.74) is 6.00. The number of nitrogens with zero attached hydrogens (tertiary/aromatic N) is 2. The number of nitrogens with two attached hydrogens (primary N) is 1. The Kier molecular flexibility index (Phi) is 84.8. The van der Waals surface area contributed by atoms with Crippen molar-refractivity contribution in [1.82, 2.24) is 57.4 Å². The highest BCUT2D eigenvalue weighted by Gasteiger charge is 2.29. The smallest absolute Gasteiger partial charge is 0.306 e. The Morgan fingerprint density at radius 3 is 1.15 bits per heavy atom. The van der Waals surface area contributed by atoms with Crippen LogP contribution in [0.15, 0.2) is 12.5 Å². The fraction of sp³-hybridized carbons (Fsp3) is 0.814. The van der Waals surface area contributed by atoms with Gasteiger partial charge in [-0.25, -0.2) is 4.98 Å².